The molecule has 2 amide bonds. The number of hydrogen-bond acceptors (Lipinski definition) is 19. The van der Waals surface area contributed by atoms with Crippen molar-refractivity contribution in [3.05, 3.63) is 69.4 Å². The number of rotatable bonds is 15. The second kappa shape index (κ2) is 17.6. The topological polar surface area (TPSA) is 286 Å². The summed E-state index contributed by atoms with van der Waals surface area (Å²) in [5.74, 6) is -3.95. The standard InChI is InChI=1S/C29H25N9O10S4.Na/c30-28-32-16(12-52-28)20(36-47-5-6-49-29-35-34-24(48-29)15-7-17(39)18(40)8-31-15)23(43)33-21-25(44)38-22(27(45)46)13(11-51-26(21)38)10-50-14-1-3-37(4-2-14)9-19(41)42;/h1-4,7-8,12,21,26H,5-6,9-11H2,(H6-,30,31,32,33,34,36,39,40,41,42,43,45,46);/q;+1/p-1/t21-,26-;/m1./s1. The number of H-pyrrole nitrogens is 1. The van der Waals surface area contributed by atoms with Crippen molar-refractivity contribution in [3.63, 3.8) is 0 Å². The van der Waals surface area contributed by atoms with E-state index in [9.17, 15) is 39.3 Å². The SMILES string of the molecule is Nc1nc(/C(=N/OCCSc2nnc(-c3cc(=O)c(O)c[nH]3)o2)C(=O)N[C@@H]2C(=O)N3C(C(=O)[O-])=C(CSc4cc[n+](CC(=O)[O-])cc4)CS[C@H]23)cs1.[Na+]. The van der Waals surface area contributed by atoms with Gasteiger partial charge in [0.1, 0.15) is 35.4 Å². The first-order valence-electron chi connectivity index (χ1n) is 14.8. The van der Waals surface area contributed by atoms with Gasteiger partial charge in [0.05, 0.1) is 11.7 Å². The van der Waals surface area contributed by atoms with Gasteiger partial charge in [0, 0.05) is 51.9 Å². The van der Waals surface area contributed by atoms with Gasteiger partial charge in [-0.15, -0.1) is 45.1 Å². The molecular formula is C29H24N9NaO10S4. The number of aromatic hydroxyl groups is 1. The minimum atomic E-state index is -1.53. The van der Waals surface area contributed by atoms with Gasteiger partial charge in [-0.25, -0.2) is 4.98 Å². The molecule has 0 radical (unpaired) electrons. The van der Waals surface area contributed by atoms with Crippen LogP contribution in [-0.4, -0.2) is 94.9 Å². The third kappa shape index (κ3) is 9.41. The van der Waals surface area contributed by atoms with E-state index in [-0.39, 0.29) is 99.0 Å². The van der Waals surface area contributed by atoms with Gasteiger partial charge in [-0.2, -0.15) is 4.57 Å². The third-order valence-electron chi connectivity index (χ3n) is 7.18. The number of nitrogens with zero attached hydrogens (tertiary/aromatic N) is 6. The van der Waals surface area contributed by atoms with Crippen molar-refractivity contribution in [2.75, 3.05) is 29.6 Å². The predicted molar refractivity (Wildman–Crippen MR) is 181 cm³/mol. The fourth-order valence-corrected chi connectivity index (χ4v) is 8.28. The van der Waals surface area contributed by atoms with Crippen LogP contribution in [0.4, 0.5) is 5.13 Å². The molecule has 0 spiro atoms. The molecule has 270 valence electrons. The van der Waals surface area contributed by atoms with Gasteiger partial charge in [-0.1, -0.05) is 16.9 Å². The summed E-state index contributed by atoms with van der Waals surface area (Å²) in [7, 11) is 0. The van der Waals surface area contributed by atoms with Crippen molar-refractivity contribution in [2.24, 2.45) is 5.16 Å². The number of β-lactam (4-membered cyclic amide) rings is 1. The number of aromatic amines is 1. The third-order valence-corrected chi connectivity index (χ3v) is 11.1. The Morgan fingerprint density at radius 1 is 1.23 bits per heavy atom. The van der Waals surface area contributed by atoms with E-state index in [0.717, 1.165) is 45.2 Å². The number of carboxylic acid groups (broad SMARTS) is 2. The molecular weight excluding hydrogens is 786 g/mol. The van der Waals surface area contributed by atoms with Gasteiger partial charge in [-0.3, -0.25) is 19.3 Å². The summed E-state index contributed by atoms with van der Waals surface area (Å²) in [6.07, 6.45) is 4.22. The first-order valence-corrected chi connectivity index (χ1v) is 18.7. The van der Waals surface area contributed by atoms with Gasteiger partial charge in [0.15, 0.2) is 35.5 Å². The number of carboxylic acids is 2. The van der Waals surface area contributed by atoms with Crippen molar-refractivity contribution in [1.82, 2.24) is 30.4 Å². The summed E-state index contributed by atoms with van der Waals surface area (Å²) < 4.78 is 6.93. The minimum Gasteiger partial charge on any atom is -0.544 e. The quantitative estimate of drug-likeness (QED) is 0.0166. The average molecular weight is 810 g/mol. The second-order valence-corrected chi connectivity index (χ2v) is 14.7. The fourth-order valence-electron chi connectivity index (χ4n) is 4.80. The number of nitrogens with two attached hydrogens (primary N) is 1. The van der Waals surface area contributed by atoms with Crippen molar-refractivity contribution in [2.45, 2.75) is 28.1 Å². The van der Waals surface area contributed by atoms with Crippen LogP contribution in [0, 0.1) is 0 Å². The van der Waals surface area contributed by atoms with Crippen LogP contribution in [-0.2, 0) is 30.6 Å². The maximum atomic E-state index is 13.4. The number of nitrogens with one attached hydrogen (secondary N) is 2. The number of carbonyl (C=O) groups excluding carboxylic acids is 4. The van der Waals surface area contributed by atoms with Crippen LogP contribution in [0.5, 0.6) is 5.75 Å². The Morgan fingerprint density at radius 3 is 2.68 bits per heavy atom. The first kappa shape index (κ1) is 39.8. The van der Waals surface area contributed by atoms with Crippen LogP contribution in [0.1, 0.15) is 5.69 Å². The number of amides is 2. The number of oxime groups is 1. The van der Waals surface area contributed by atoms with E-state index < -0.39 is 46.3 Å². The Hall–Kier alpha value is -4.39. The Morgan fingerprint density at radius 2 is 2.00 bits per heavy atom. The van der Waals surface area contributed by atoms with E-state index in [0.29, 0.717) is 5.57 Å². The number of thioether (sulfide) groups is 3. The molecule has 19 nitrogen and oxygen atoms in total. The summed E-state index contributed by atoms with van der Waals surface area (Å²) in [4.78, 5) is 75.4. The maximum absolute atomic E-state index is 13.4. The molecule has 2 atom stereocenters. The average Bonchev–Trinajstić information content (AvgIpc) is 3.77. The molecule has 4 aromatic heterocycles. The molecule has 1 saturated heterocycles. The van der Waals surface area contributed by atoms with Gasteiger partial charge < -0.3 is 50.2 Å². The van der Waals surface area contributed by atoms with Crippen LogP contribution < -0.4 is 60.8 Å². The first-order chi connectivity index (χ1) is 25.0. The summed E-state index contributed by atoms with van der Waals surface area (Å²) in [6, 6.07) is 3.38. The van der Waals surface area contributed by atoms with Crippen molar-refractivity contribution < 1.29 is 77.9 Å². The second-order valence-electron chi connectivity index (χ2n) is 10.6. The fraction of sp³-hybridized carbons (Fsp3) is 0.241. The number of anilines is 1. The number of pyridine rings is 2. The molecule has 0 aromatic carbocycles. The van der Waals surface area contributed by atoms with Crippen LogP contribution in [0.25, 0.3) is 11.6 Å². The molecule has 53 heavy (non-hydrogen) atoms. The van der Waals surface area contributed by atoms with Gasteiger partial charge >= 0.3 is 29.6 Å². The van der Waals surface area contributed by atoms with Gasteiger partial charge in [-0.05, 0) is 5.57 Å². The zero-order valence-electron chi connectivity index (χ0n) is 27.2. The minimum absolute atomic E-state index is 0. The number of hydrogen-bond donors (Lipinski definition) is 4. The number of thiazole rings is 1. The Kier molecular flexibility index (Phi) is 13.2. The van der Waals surface area contributed by atoms with Crippen molar-refractivity contribution >= 4 is 81.2 Å². The van der Waals surface area contributed by atoms with E-state index in [1.54, 1.807) is 24.5 Å². The zero-order valence-corrected chi connectivity index (χ0v) is 32.5. The van der Waals surface area contributed by atoms with Crippen molar-refractivity contribution in [1.29, 1.82) is 0 Å². The molecule has 24 heteroatoms. The van der Waals surface area contributed by atoms with Crippen LogP contribution >= 0.6 is 46.6 Å². The molecule has 6 rings (SSSR count). The molecule has 6 heterocycles. The number of nitrogen functional groups attached to an aromatic ring is 1. The molecule has 4 aromatic rings. The summed E-state index contributed by atoms with van der Waals surface area (Å²) in [6.45, 7) is -0.346. The van der Waals surface area contributed by atoms with Crippen LogP contribution in [0.2, 0.25) is 0 Å². The summed E-state index contributed by atoms with van der Waals surface area (Å²) in [5.41, 5.74) is 5.38. The molecule has 2 aliphatic rings. The number of aliphatic carboxylic acids is 2. The molecule has 0 saturated carbocycles. The number of aromatic nitrogens is 5. The van der Waals surface area contributed by atoms with E-state index >= 15 is 0 Å². The molecule has 0 bridgehead atoms. The smallest absolute Gasteiger partial charge is 0.544 e. The van der Waals surface area contributed by atoms with Crippen LogP contribution in [0.15, 0.2) is 77.9 Å². The number of carbonyl (C=O) groups is 4. The van der Waals surface area contributed by atoms with E-state index in [2.05, 4.69) is 30.6 Å². The molecule has 0 unspecified atom stereocenters. The Balaban J connectivity index is 0.00000541. The maximum Gasteiger partial charge on any atom is 1.00 e. The Labute approximate surface area is 336 Å². The molecule has 1 fully saturated rings. The van der Waals surface area contributed by atoms with E-state index in [1.807, 2.05) is 0 Å². The van der Waals surface area contributed by atoms with Crippen LogP contribution in [0.3, 0.4) is 0 Å². The molecule has 2 aliphatic heterocycles. The van der Waals surface area contributed by atoms with Crippen molar-refractivity contribution in [3.8, 4) is 17.3 Å². The Bertz CT molecular complexity index is 2160. The van der Waals surface area contributed by atoms with E-state index in [1.165, 1.54) is 33.5 Å². The van der Waals surface area contributed by atoms with Gasteiger partial charge in [0.25, 0.3) is 22.9 Å². The normalized spacial score (nSPS) is 16.7. The van der Waals surface area contributed by atoms with E-state index in [4.69, 9.17) is 15.0 Å². The molecule has 0 aliphatic carbocycles. The largest absolute Gasteiger partial charge is 1.00 e. The predicted octanol–water partition coefficient (Wildman–Crippen LogP) is -5.08. The monoisotopic (exact) mass is 809 g/mol. The molecule has 5 N–H and O–H groups in total. The van der Waals surface area contributed by atoms with Gasteiger partial charge in [0.2, 0.25) is 5.43 Å². The number of fused-ring (bicyclic) bond motifs is 1. The zero-order chi connectivity index (χ0) is 36.9. The summed E-state index contributed by atoms with van der Waals surface area (Å²) >= 11 is 4.73. The summed E-state index contributed by atoms with van der Waals surface area (Å²) in [5, 5.41) is 47.8.